The van der Waals surface area contributed by atoms with Gasteiger partial charge in [0.1, 0.15) is 0 Å². The molecule has 3 N–H and O–H groups in total. The smallest absolute Gasteiger partial charge is 0.0674 e. The lowest BCUT2D eigenvalue weighted by Crippen LogP contribution is -2.52. The molecule has 0 aromatic rings. The van der Waals surface area contributed by atoms with E-state index >= 15 is 0 Å². The van der Waals surface area contributed by atoms with Crippen LogP contribution < -0.4 is 0 Å². The first-order valence-corrected chi connectivity index (χ1v) is 4.29. The topological polar surface area (TPSA) is 60.7 Å². The summed E-state index contributed by atoms with van der Waals surface area (Å²) in [6.45, 7) is 4.94. The van der Waals surface area contributed by atoms with Gasteiger partial charge in [-0.3, -0.25) is 0 Å². The van der Waals surface area contributed by atoms with Gasteiger partial charge in [-0.05, 0) is 20.8 Å². The van der Waals surface area contributed by atoms with Crippen LogP contribution in [0.15, 0.2) is 0 Å². The molecular formula is C9H18O3. The van der Waals surface area contributed by atoms with Crippen molar-refractivity contribution >= 4 is 0 Å². The molecule has 3 heteroatoms. The third-order valence-corrected chi connectivity index (χ3v) is 2.29. The highest BCUT2D eigenvalue weighted by molar-refractivity contribution is 4.99. The molecule has 0 spiro atoms. The predicted octanol–water partition coefficient (Wildman–Crippen LogP) is 0.423. The minimum absolute atomic E-state index is 0.330. The van der Waals surface area contributed by atoms with Gasteiger partial charge in [-0.15, -0.1) is 0 Å². The van der Waals surface area contributed by atoms with Crippen molar-refractivity contribution in [2.75, 3.05) is 0 Å². The zero-order chi connectivity index (χ0) is 9.62. The Balaban J connectivity index is 2.81. The van der Waals surface area contributed by atoms with Crippen LogP contribution in [0.2, 0.25) is 0 Å². The van der Waals surface area contributed by atoms with Crippen LogP contribution in [0.1, 0.15) is 40.0 Å². The maximum atomic E-state index is 9.73. The molecule has 1 aliphatic carbocycles. The summed E-state index contributed by atoms with van der Waals surface area (Å²) in [5.41, 5.74) is -2.86. The first-order valence-electron chi connectivity index (χ1n) is 4.29. The molecule has 0 unspecified atom stereocenters. The van der Waals surface area contributed by atoms with E-state index in [9.17, 15) is 15.3 Å². The average Bonchev–Trinajstić information content (AvgIpc) is 1.44. The summed E-state index contributed by atoms with van der Waals surface area (Å²) >= 11 is 0. The molecule has 3 nitrogen and oxygen atoms in total. The predicted molar refractivity (Wildman–Crippen MR) is 45.7 cm³/mol. The molecule has 0 heterocycles. The van der Waals surface area contributed by atoms with Crippen molar-refractivity contribution in [2.45, 2.75) is 56.8 Å². The molecule has 12 heavy (non-hydrogen) atoms. The van der Waals surface area contributed by atoms with E-state index in [1.807, 2.05) is 0 Å². The van der Waals surface area contributed by atoms with E-state index in [1.54, 1.807) is 20.8 Å². The maximum Gasteiger partial charge on any atom is 0.0674 e. The van der Waals surface area contributed by atoms with Gasteiger partial charge in [0.25, 0.3) is 0 Å². The lowest BCUT2D eigenvalue weighted by molar-refractivity contribution is -0.159. The van der Waals surface area contributed by atoms with Crippen molar-refractivity contribution in [3.05, 3.63) is 0 Å². The Morgan fingerprint density at radius 2 is 0.833 bits per heavy atom. The summed E-state index contributed by atoms with van der Waals surface area (Å²) in [6, 6.07) is 0. The van der Waals surface area contributed by atoms with Crippen LogP contribution in [0.5, 0.6) is 0 Å². The molecule has 1 rings (SSSR count). The highest BCUT2D eigenvalue weighted by Crippen LogP contribution is 2.40. The van der Waals surface area contributed by atoms with Crippen LogP contribution in [0, 0.1) is 0 Å². The molecule has 0 radical (unpaired) electrons. The molecule has 0 aliphatic heterocycles. The van der Waals surface area contributed by atoms with Gasteiger partial charge in [-0.25, -0.2) is 0 Å². The van der Waals surface area contributed by atoms with Crippen LogP contribution in [0.25, 0.3) is 0 Å². The summed E-state index contributed by atoms with van der Waals surface area (Å²) in [5, 5.41) is 29.2. The van der Waals surface area contributed by atoms with Gasteiger partial charge in [-0.1, -0.05) is 0 Å². The van der Waals surface area contributed by atoms with Crippen molar-refractivity contribution in [1.29, 1.82) is 0 Å². The summed E-state index contributed by atoms with van der Waals surface area (Å²) in [6.07, 6.45) is 0.989. The van der Waals surface area contributed by atoms with Crippen LogP contribution in [0.4, 0.5) is 0 Å². The van der Waals surface area contributed by atoms with E-state index in [1.165, 1.54) is 0 Å². The lowest BCUT2D eigenvalue weighted by Gasteiger charge is -2.45. The zero-order valence-electron chi connectivity index (χ0n) is 7.96. The molecule has 0 bridgehead atoms. The molecule has 0 aromatic heterocycles. The summed E-state index contributed by atoms with van der Waals surface area (Å²) in [5.74, 6) is 0. The van der Waals surface area contributed by atoms with Gasteiger partial charge in [-0.2, -0.15) is 0 Å². The van der Waals surface area contributed by atoms with Crippen LogP contribution >= 0.6 is 0 Å². The van der Waals surface area contributed by atoms with E-state index in [4.69, 9.17) is 0 Å². The Hall–Kier alpha value is -0.120. The molecule has 0 saturated heterocycles. The second-order valence-corrected chi connectivity index (χ2v) is 5.02. The fourth-order valence-electron chi connectivity index (χ4n) is 2.65. The standard InChI is InChI=1S/C9H18O3/c1-7(10)4-8(2,11)6-9(3,12)5-7/h10-12H,4-6H2,1-3H3. The number of hydrogen-bond acceptors (Lipinski definition) is 3. The first kappa shape index (κ1) is 9.96. The second kappa shape index (κ2) is 2.44. The average molecular weight is 174 g/mol. The molecular weight excluding hydrogens is 156 g/mol. The molecule has 1 saturated carbocycles. The third-order valence-electron chi connectivity index (χ3n) is 2.29. The fourth-order valence-corrected chi connectivity index (χ4v) is 2.65. The Kier molecular flexibility index (Phi) is 2.02. The molecule has 72 valence electrons. The van der Waals surface area contributed by atoms with Crippen molar-refractivity contribution in [2.24, 2.45) is 0 Å². The molecule has 1 aliphatic rings. The highest BCUT2D eigenvalue weighted by atomic mass is 16.3. The molecule has 0 amide bonds. The largest absolute Gasteiger partial charge is 0.390 e. The fraction of sp³-hybridized carbons (Fsp3) is 1.00. The van der Waals surface area contributed by atoms with Gasteiger partial charge in [0, 0.05) is 19.3 Å². The maximum absolute atomic E-state index is 9.73. The van der Waals surface area contributed by atoms with Gasteiger partial charge in [0.05, 0.1) is 16.8 Å². The van der Waals surface area contributed by atoms with Crippen molar-refractivity contribution in [3.63, 3.8) is 0 Å². The van der Waals surface area contributed by atoms with E-state index in [-0.39, 0.29) is 0 Å². The Morgan fingerprint density at radius 3 is 1.00 bits per heavy atom. The summed E-state index contributed by atoms with van der Waals surface area (Å²) in [7, 11) is 0. The Labute approximate surface area is 73.0 Å². The lowest BCUT2D eigenvalue weighted by atomic mass is 9.70. The zero-order valence-corrected chi connectivity index (χ0v) is 7.96. The van der Waals surface area contributed by atoms with E-state index in [0.29, 0.717) is 19.3 Å². The number of rotatable bonds is 0. The molecule has 1 fully saturated rings. The van der Waals surface area contributed by atoms with Crippen molar-refractivity contribution in [1.82, 2.24) is 0 Å². The summed E-state index contributed by atoms with van der Waals surface area (Å²) in [4.78, 5) is 0. The minimum Gasteiger partial charge on any atom is -0.390 e. The van der Waals surface area contributed by atoms with E-state index in [0.717, 1.165) is 0 Å². The van der Waals surface area contributed by atoms with E-state index < -0.39 is 16.8 Å². The SMILES string of the molecule is CC1(O)CC(C)(O)CC(C)(O)C1. The summed E-state index contributed by atoms with van der Waals surface area (Å²) < 4.78 is 0. The number of aliphatic hydroxyl groups is 3. The van der Waals surface area contributed by atoms with Gasteiger partial charge >= 0.3 is 0 Å². The van der Waals surface area contributed by atoms with Gasteiger partial charge in [0.2, 0.25) is 0 Å². The Morgan fingerprint density at radius 1 is 0.667 bits per heavy atom. The minimum atomic E-state index is -0.953. The normalized spacial score (nSPS) is 55.5. The van der Waals surface area contributed by atoms with Crippen molar-refractivity contribution < 1.29 is 15.3 Å². The Bertz CT molecular complexity index is 137. The first-order chi connectivity index (χ1) is 5.12. The van der Waals surface area contributed by atoms with Crippen LogP contribution in [-0.2, 0) is 0 Å². The van der Waals surface area contributed by atoms with Crippen molar-refractivity contribution in [3.8, 4) is 0 Å². The van der Waals surface area contributed by atoms with Crippen LogP contribution in [0.3, 0.4) is 0 Å². The molecule has 0 atom stereocenters. The van der Waals surface area contributed by atoms with Crippen LogP contribution in [-0.4, -0.2) is 32.1 Å². The van der Waals surface area contributed by atoms with Gasteiger partial charge < -0.3 is 15.3 Å². The monoisotopic (exact) mass is 174 g/mol. The van der Waals surface area contributed by atoms with Gasteiger partial charge in [0.15, 0.2) is 0 Å². The quantitative estimate of drug-likeness (QED) is 0.499. The highest BCUT2D eigenvalue weighted by Gasteiger charge is 2.46. The second-order valence-electron chi connectivity index (χ2n) is 5.02. The number of hydrogen-bond donors (Lipinski definition) is 3. The third kappa shape index (κ3) is 2.44. The van der Waals surface area contributed by atoms with E-state index in [2.05, 4.69) is 0 Å². The molecule has 0 aromatic carbocycles.